The number of pyridine rings is 3. The predicted octanol–water partition coefficient (Wildman–Crippen LogP) is 8.53. The van der Waals surface area contributed by atoms with Crippen molar-refractivity contribution >= 4 is 43.5 Å². The van der Waals surface area contributed by atoms with E-state index in [4.69, 9.17) is 4.42 Å². The van der Waals surface area contributed by atoms with Crippen molar-refractivity contribution < 1.29 is 24.5 Å². The second-order valence-corrected chi connectivity index (χ2v) is 10.1. The number of rotatable bonds is 2. The first kappa shape index (κ1) is 25.9. The Labute approximate surface area is 238 Å². The van der Waals surface area contributed by atoms with E-state index in [1.807, 2.05) is 73.8 Å². The van der Waals surface area contributed by atoms with E-state index in [0.717, 1.165) is 44.6 Å². The summed E-state index contributed by atoms with van der Waals surface area (Å²) >= 11 is 1.79. The van der Waals surface area contributed by atoms with Crippen LogP contribution in [0.3, 0.4) is 0 Å². The van der Waals surface area contributed by atoms with Gasteiger partial charge in [-0.25, -0.2) is 4.98 Å². The Morgan fingerprint density at radius 2 is 1.66 bits per heavy atom. The van der Waals surface area contributed by atoms with Gasteiger partial charge in [0, 0.05) is 48.5 Å². The van der Waals surface area contributed by atoms with E-state index < -0.39 is 0 Å². The van der Waals surface area contributed by atoms with Gasteiger partial charge in [-0.1, -0.05) is 29.1 Å². The minimum Gasteiger partial charge on any atom is -0.486 e. The van der Waals surface area contributed by atoms with Crippen molar-refractivity contribution in [1.82, 2.24) is 15.0 Å². The summed E-state index contributed by atoms with van der Waals surface area (Å²) in [6, 6.07) is 30.3. The fourth-order valence-corrected chi connectivity index (χ4v) is 5.39. The van der Waals surface area contributed by atoms with Crippen molar-refractivity contribution in [2.75, 3.05) is 0 Å². The van der Waals surface area contributed by atoms with Crippen LogP contribution in [0, 0.1) is 32.9 Å². The second-order valence-electron chi connectivity index (χ2n) is 8.84. The number of nitrogens with zero attached hydrogens (tertiary/aromatic N) is 3. The van der Waals surface area contributed by atoms with E-state index in [1.165, 1.54) is 20.5 Å². The molecule has 0 fully saturated rings. The number of furan rings is 1. The maximum absolute atomic E-state index is 6.09. The molecule has 4 nitrogen and oxygen atoms in total. The summed E-state index contributed by atoms with van der Waals surface area (Å²) in [7, 11) is 0. The molecule has 0 aliphatic carbocycles. The fourth-order valence-electron chi connectivity index (χ4n) is 4.36. The number of thiophene rings is 1. The Hall–Kier alpha value is -3.70. The zero-order valence-electron chi connectivity index (χ0n) is 21.1. The summed E-state index contributed by atoms with van der Waals surface area (Å²) in [6.45, 7) is 6.28. The predicted molar refractivity (Wildman–Crippen MR) is 152 cm³/mol. The fraction of sp³-hybridized carbons (Fsp3) is 0.0938. The third-order valence-electron chi connectivity index (χ3n) is 6.41. The standard InChI is InChI=1S/C21H15N2OS.C11H8N.Ir/c1-11-7-8-15-14-5-4-6-16(20(14)24-21(15)23-11)18-9-17-12(2)13(3)25-19(17)10-22-18;1-2-6-10(7-3-1)11-8-4-5-9-12-11;/h4-5,7-10H,1-3H3;1-6,8-9H;/q2*-1;. The summed E-state index contributed by atoms with van der Waals surface area (Å²) in [5, 5.41) is 3.33. The third-order valence-corrected chi connectivity index (χ3v) is 7.56. The van der Waals surface area contributed by atoms with Crippen LogP contribution in [0.5, 0.6) is 0 Å². The Morgan fingerprint density at radius 3 is 2.45 bits per heavy atom. The minimum absolute atomic E-state index is 0. The van der Waals surface area contributed by atoms with Gasteiger partial charge in [-0.15, -0.1) is 65.4 Å². The van der Waals surface area contributed by atoms with Crippen LogP contribution >= 0.6 is 11.3 Å². The molecule has 0 atom stereocenters. The first-order valence-corrected chi connectivity index (χ1v) is 12.8. The number of benzene rings is 2. The number of hydrogen-bond donors (Lipinski definition) is 0. The molecule has 0 N–H and O–H groups in total. The van der Waals surface area contributed by atoms with Crippen LogP contribution in [0.1, 0.15) is 16.1 Å². The molecule has 5 aromatic heterocycles. The van der Waals surface area contributed by atoms with Gasteiger partial charge in [0.2, 0.25) is 5.71 Å². The third kappa shape index (κ3) is 4.91. The van der Waals surface area contributed by atoms with Crippen LogP contribution in [0.2, 0.25) is 0 Å². The summed E-state index contributed by atoms with van der Waals surface area (Å²) in [6.07, 6.45) is 3.74. The van der Waals surface area contributed by atoms with Crippen LogP contribution in [0.4, 0.5) is 0 Å². The molecule has 0 amide bonds. The van der Waals surface area contributed by atoms with Gasteiger partial charge in [0.15, 0.2) is 0 Å². The van der Waals surface area contributed by atoms with Gasteiger partial charge in [-0.05, 0) is 61.3 Å². The van der Waals surface area contributed by atoms with E-state index in [0.29, 0.717) is 5.71 Å². The first-order valence-electron chi connectivity index (χ1n) is 12.0. The Morgan fingerprint density at radius 1 is 0.789 bits per heavy atom. The summed E-state index contributed by atoms with van der Waals surface area (Å²) in [4.78, 5) is 14.7. The number of aryl methyl sites for hydroxylation is 3. The second kappa shape index (κ2) is 11.0. The maximum atomic E-state index is 6.09. The molecule has 38 heavy (non-hydrogen) atoms. The topological polar surface area (TPSA) is 51.8 Å². The Kier molecular flexibility index (Phi) is 7.48. The van der Waals surface area contributed by atoms with Gasteiger partial charge in [0.05, 0.1) is 10.3 Å². The molecule has 0 saturated heterocycles. The van der Waals surface area contributed by atoms with Crippen LogP contribution in [0.15, 0.2) is 89.6 Å². The smallest absolute Gasteiger partial charge is 0.216 e. The van der Waals surface area contributed by atoms with Crippen molar-refractivity contribution in [2.45, 2.75) is 20.8 Å². The molecular weight excluding hydrogens is 667 g/mol. The largest absolute Gasteiger partial charge is 0.486 e. The van der Waals surface area contributed by atoms with Crippen molar-refractivity contribution in [1.29, 1.82) is 0 Å². The molecule has 2 aromatic carbocycles. The molecule has 7 aromatic rings. The zero-order valence-corrected chi connectivity index (χ0v) is 24.3. The molecule has 7 rings (SSSR count). The molecule has 189 valence electrons. The Balaban J connectivity index is 0.000000191. The van der Waals surface area contributed by atoms with Gasteiger partial charge in [-0.2, -0.15) is 0 Å². The van der Waals surface area contributed by atoms with E-state index in [-0.39, 0.29) is 20.1 Å². The average Bonchev–Trinajstić information content (AvgIpc) is 3.45. The molecule has 0 bridgehead atoms. The molecule has 0 spiro atoms. The van der Waals surface area contributed by atoms with Gasteiger partial charge in [-0.3, -0.25) is 0 Å². The minimum atomic E-state index is 0. The van der Waals surface area contributed by atoms with E-state index in [1.54, 1.807) is 17.5 Å². The summed E-state index contributed by atoms with van der Waals surface area (Å²) in [5.74, 6) is 0. The van der Waals surface area contributed by atoms with Gasteiger partial charge < -0.3 is 14.4 Å². The van der Waals surface area contributed by atoms with Crippen LogP contribution in [0.25, 0.3) is 54.7 Å². The van der Waals surface area contributed by atoms with Crippen LogP contribution in [-0.2, 0) is 20.1 Å². The van der Waals surface area contributed by atoms with Gasteiger partial charge in [0.25, 0.3) is 0 Å². The van der Waals surface area contributed by atoms with Crippen molar-refractivity contribution in [2.24, 2.45) is 0 Å². The van der Waals surface area contributed by atoms with Crippen molar-refractivity contribution in [3.05, 3.63) is 113 Å². The van der Waals surface area contributed by atoms with Crippen molar-refractivity contribution in [3.8, 4) is 22.5 Å². The van der Waals surface area contributed by atoms with Gasteiger partial charge >= 0.3 is 0 Å². The van der Waals surface area contributed by atoms with Crippen LogP contribution in [-0.4, -0.2) is 15.0 Å². The molecule has 0 saturated carbocycles. The normalized spacial score (nSPS) is 10.8. The summed E-state index contributed by atoms with van der Waals surface area (Å²) < 4.78 is 7.30. The quantitative estimate of drug-likeness (QED) is 0.171. The molecule has 0 aliphatic rings. The molecule has 1 radical (unpaired) electrons. The molecule has 0 aliphatic heterocycles. The monoisotopic (exact) mass is 690 g/mol. The van der Waals surface area contributed by atoms with E-state index in [9.17, 15) is 0 Å². The molecule has 5 heterocycles. The average molecular weight is 690 g/mol. The van der Waals surface area contributed by atoms with Crippen molar-refractivity contribution in [3.63, 3.8) is 0 Å². The molecular formula is C32H23IrN3OS-2. The Bertz CT molecular complexity index is 1820. The zero-order chi connectivity index (χ0) is 25.4. The number of aromatic nitrogens is 3. The van der Waals surface area contributed by atoms with E-state index in [2.05, 4.69) is 53.1 Å². The molecule has 0 unspecified atom stereocenters. The van der Waals surface area contributed by atoms with E-state index >= 15 is 0 Å². The van der Waals surface area contributed by atoms with Gasteiger partial charge in [0.1, 0.15) is 0 Å². The number of fused-ring (bicyclic) bond motifs is 4. The molecule has 6 heteroatoms. The van der Waals surface area contributed by atoms with Crippen LogP contribution < -0.4 is 0 Å². The SMILES string of the molecule is Cc1ccc2c(n1)oc1c(-c3cc4c(C)c(C)sc4cn3)[c-]ccc12.[Ir].[c-]1ccccc1-c1ccccn1. The maximum Gasteiger partial charge on any atom is 0.216 e. The summed E-state index contributed by atoms with van der Waals surface area (Å²) in [5.41, 5.74) is 7.51. The number of hydrogen-bond acceptors (Lipinski definition) is 5. The first-order chi connectivity index (χ1) is 18.1.